The second-order valence-corrected chi connectivity index (χ2v) is 2.84. The first kappa shape index (κ1) is 8.20. The highest BCUT2D eigenvalue weighted by molar-refractivity contribution is 9.10. The molecule has 1 aromatic rings. The summed E-state index contributed by atoms with van der Waals surface area (Å²) in [5.74, 6) is -1.98. The minimum atomic E-state index is -1.25. The van der Waals surface area contributed by atoms with Gasteiger partial charge in [0.2, 0.25) is 0 Å². The van der Waals surface area contributed by atoms with Gasteiger partial charge in [-0.3, -0.25) is 0 Å². The van der Waals surface area contributed by atoms with Crippen LogP contribution in [0.25, 0.3) is 0 Å². The molecule has 0 saturated heterocycles. The van der Waals surface area contributed by atoms with Crippen molar-refractivity contribution in [2.45, 2.75) is 0 Å². The summed E-state index contributed by atoms with van der Waals surface area (Å²) in [5, 5.41) is 8.40. The molecule has 4 heteroatoms. The average Bonchev–Trinajstić information content (AvgIpc) is 1.85. The number of carboxylic acid groups (broad SMARTS) is 1. The predicted octanol–water partition coefficient (Wildman–Crippen LogP) is 2.29. The lowest BCUT2D eigenvalue weighted by atomic mass is 10.9. The first-order valence-corrected chi connectivity index (χ1v) is 3.59. The topological polar surface area (TPSA) is 37.3 Å². The van der Waals surface area contributed by atoms with E-state index in [1.807, 2.05) is 0 Å². The van der Waals surface area contributed by atoms with Gasteiger partial charge in [-0.25, -0.2) is 9.18 Å². The minimum absolute atomic E-state index is 0.312. The summed E-state index contributed by atoms with van der Waals surface area (Å²) < 4.78 is 13.2. The molecular weight excluding hydrogens is 221 g/mol. The van der Waals surface area contributed by atoms with Gasteiger partial charge < -0.3 is 5.11 Å². The standard InChI is InChI=1S/C7H4BrFO2/c8-4-1-2-5(7(10)11)6(9)3-4/h1-3H,(H,10,11)/i1+1,2+1,3+1,4+1,5+1,6+1. The molecule has 0 unspecified atom stereocenters. The lowest BCUT2D eigenvalue weighted by molar-refractivity contribution is 0.0692. The Morgan fingerprint density at radius 2 is 2.18 bits per heavy atom. The molecule has 58 valence electrons. The molecule has 0 atom stereocenters. The van der Waals surface area contributed by atoms with Crippen LogP contribution < -0.4 is 0 Å². The van der Waals surface area contributed by atoms with E-state index < -0.39 is 11.8 Å². The Morgan fingerprint density at radius 3 is 2.64 bits per heavy atom. The van der Waals surface area contributed by atoms with Gasteiger partial charge in [0, 0.05) is 4.47 Å². The second kappa shape index (κ2) is 3.00. The van der Waals surface area contributed by atoms with E-state index in [1.165, 1.54) is 12.1 Å². The summed E-state index contributed by atoms with van der Waals surface area (Å²) in [4.78, 5) is 10.3. The monoisotopic (exact) mass is 224 g/mol. The van der Waals surface area contributed by atoms with E-state index in [1.54, 1.807) is 0 Å². The van der Waals surface area contributed by atoms with Crippen LogP contribution in [-0.4, -0.2) is 11.1 Å². The lowest BCUT2D eigenvalue weighted by Crippen LogP contribution is -1.99. The van der Waals surface area contributed by atoms with Gasteiger partial charge in [-0.1, -0.05) is 15.9 Å². The average molecular weight is 225 g/mol. The van der Waals surface area contributed by atoms with Crippen LogP contribution >= 0.6 is 15.9 Å². The highest BCUT2D eigenvalue weighted by Crippen LogP contribution is 2.14. The highest BCUT2D eigenvalue weighted by atomic mass is 79.9. The molecule has 0 aromatic heterocycles. The van der Waals surface area contributed by atoms with Crippen LogP contribution in [-0.2, 0) is 0 Å². The zero-order chi connectivity index (χ0) is 8.43. The number of hydrogen-bond donors (Lipinski definition) is 1. The van der Waals surface area contributed by atoms with Crippen LogP contribution in [0.15, 0.2) is 22.7 Å². The summed E-state index contributed by atoms with van der Waals surface area (Å²) >= 11 is 3.01. The molecule has 2 nitrogen and oxygen atoms in total. The summed E-state index contributed by atoms with van der Waals surface area (Å²) in [6, 6.07) is 3.80. The fraction of sp³-hybridized carbons (Fsp3) is 0. The third kappa shape index (κ3) is 1.77. The Kier molecular flexibility index (Phi) is 2.24. The number of aromatic carboxylic acids is 1. The summed E-state index contributed by atoms with van der Waals surface area (Å²) in [6.45, 7) is 0. The molecule has 0 bridgehead atoms. The van der Waals surface area contributed by atoms with Crippen molar-refractivity contribution >= 4 is 21.9 Å². The third-order valence-corrected chi connectivity index (χ3v) is 1.65. The molecule has 1 aromatic carbocycles. The summed E-state index contributed by atoms with van der Waals surface area (Å²) in [7, 11) is 0. The van der Waals surface area contributed by atoms with Crippen molar-refractivity contribution in [3.05, 3.63) is 34.1 Å². The van der Waals surface area contributed by atoms with Crippen molar-refractivity contribution in [1.29, 1.82) is 0 Å². The molecule has 1 rings (SSSR count). The van der Waals surface area contributed by atoms with Gasteiger partial charge in [0.15, 0.2) is 0 Å². The highest BCUT2D eigenvalue weighted by Gasteiger charge is 2.08. The molecular formula is C7H4BrFO2. The van der Waals surface area contributed by atoms with Crippen LogP contribution in [0, 0.1) is 5.82 Å². The molecule has 0 aliphatic carbocycles. The number of carboxylic acids is 1. The SMILES string of the molecule is O=C(O)[13c]1[13cH][13cH][13c](Br)[13cH][13c]1F. The molecule has 0 heterocycles. The van der Waals surface area contributed by atoms with Crippen LogP contribution in [0.3, 0.4) is 0 Å². The van der Waals surface area contributed by atoms with Crippen LogP contribution in [0.2, 0.25) is 0 Å². The van der Waals surface area contributed by atoms with E-state index in [4.69, 9.17) is 5.11 Å². The van der Waals surface area contributed by atoms with Crippen molar-refractivity contribution < 1.29 is 14.3 Å². The molecule has 0 aliphatic rings. The Hall–Kier alpha value is -0.900. The van der Waals surface area contributed by atoms with E-state index in [0.717, 1.165) is 6.07 Å². The van der Waals surface area contributed by atoms with Gasteiger partial charge in [-0.05, 0) is 18.2 Å². The van der Waals surface area contributed by atoms with Gasteiger partial charge in [0.1, 0.15) is 5.82 Å². The lowest BCUT2D eigenvalue weighted by Gasteiger charge is -1.95. The maximum atomic E-state index is 12.7. The number of benzene rings is 1. The quantitative estimate of drug-likeness (QED) is 0.795. The maximum absolute atomic E-state index is 12.7. The van der Waals surface area contributed by atoms with Gasteiger partial charge >= 0.3 is 5.97 Å². The zero-order valence-corrected chi connectivity index (χ0v) is 6.93. The van der Waals surface area contributed by atoms with Gasteiger partial charge in [-0.15, -0.1) is 0 Å². The first-order chi connectivity index (χ1) is 5.11. The van der Waals surface area contributed by atoms with Crippen molar-refractivity contribution in [2.24, 2.45) is 0 Å². The summed E-state index contributed by atoms with van der Waals surface area (Å²) in [6.07, 6.45) is 0. The van der Waals surface area contributed by atoms with Gasteiger partial charge in [-0.2, -0.15) is 0 Å². The van der Waals surface area contributed by atoms with Crippen LogP contribution in [0.1, 0.15) is 10.4 Å². The fourth-order valence-corrected chi connectivity index (χ4v) is 0.996. The Labute approximate surface area is 70.8 Å². The maximum Gasteiger partial charge on any atom is 0.338 e. The number of halogens is 2. The summed E-state index contributed by atoms with van der Waals surface area (Å²) in [5.41, 5.74) is -0.312. The fourth-order valence-electron chi connectivity index (χ4n) is 0.663. The first-order valence-electron chi connectivity index (χ1n) is 2.79. The van der Waals surface area contributed by atoms with Crippen molar-refractivity contribution in [3.63, 3.8) is 0 Å². The van der Waals surface area contributed by atoms with Crippen molar-refractivity contribution in [3.8, 4) is 0 Å². The van der Waals surface area contributed by atoms with E-state index in [0.29, 0.717) is 4.47 Å². The molecule has 0 fully saturated rings. The largest absolute Gasteiger partial charge is 0.478 e. The van der Waals surface area contributed by atoms with Crippen LogP contribution in [0.5, 0.6) is 0 Å². The minimum Gasteiger partial charge on any atom is -0.478 e. The number of rotatable bonds is 1. The molecule has 0 spiro atoms. The van der Waals surface area contributed by atoms with Crippen molar-refractivity contribution in [2.75, 3.05) is 0 Å². The number of carbonyl (C=O) groups is 1. The normalized spacial score (nSPS) is 9.64. The van der Waals surface area contributed by atoms with E-state index in [9.17, 15) is 9.18 Å². The van der Waals surface area contributed by atoms with Crippen molar-refractivity contribution in [1.82, 2.24) is 0 Å². The molecule has 0 amide bonds. The van der Waals surface area contributed by atoms with E-state index >= 15 is 0 Å². The second-order valence-electron chi connectivity index (χ2n) is 1.93. The number of hydrogen-bond acceptors (Lipinski definition) is 1. The Balaban J connectivity index is 3.20. The van der Waals surface area contributed by atoms with E-state index in [2.05, 4.69) is 15.9 Å². The van der Waals surface area contributed by atoms with E-state index in [-0.39, 0.29) is 5.56 Å². The zero-order valence-electron chi connectivity index (χ0n) is 5.34. The molecule has 0 saturated carbocycles. The Morgan fingerprint density at radius 1 is 1.55 bits per heavy atom. The Bertz CT molecular complexity index is 298. The van der Waals surface area contributed by atoms with Gasteiger partial charge in [0.05, 0.1) is 5.56 Å². The molecule has 1 N–H and O–H groups in total. The molecule has 0 radical (unpaired) electrons. The third-order valence-electron chi connectivity index (χ3n) is 1.16. The smallest absolute Gasteiger partial charge is 0.338 e. The molecule has 11 heavy (non-hydrogen) atoms. The van der Waals surface area contributed by atoms with Crippen LogP contribution in [0.4, 0.5) is 4.39 Å². The van der Waals surface area contributed by atoms with Gasteiger partial charge in [0.25, 0.3) is 0 Å². The molecule has 0 aliphatic heterocycles. The predicted molar refractivity (Wildman–Crippen MR) is 41.1 cm³/mol.